The number of hydrogen-bond acceptors (Lipinski definition) is 6. The standard InChI is InChI=1S/C15H19ClFN5O2.C2H6/c16-15-20-12(19-8-3-1-2-4-8)11-13(21-15)22(7-18-11)14-10(17)5-9(6-23)24-14;1-2/h7-10,14,23H,1-6H2,(H,19,20,21);1-2H3. The van der Waals surface area contributed by atoms with Crippen molar-refractivity contribution in [2.24, 2.45) is 0 Å². The van der Waals surface area contributed by atoms with Crippen LogP contribution in [-0.2, 0) is 4.74 Å². The van der Waals surface area contributed by atoms with Crippen molar-refractivity contribution in [3.63, 3.8) is 0 Å². The van der Waals surface area contributed by atoms with Gasteiger partial charge in [-0.25, -0.2) is 9.37 Å². The van der Waals surface area contributed by atoms with E-state index in [0.717, 1.165) is 12.8 Å². The summed E-state index contributed by atoms with van der Waals surface area (Å²) in [6, 6.07) is 0.347. The largest absolute Gasteiger partial charge is 0.394 e. The number of ether oxygens (including phenoxy) is 1. The van der Waals surface area contributed by atoms with Crippen LogP contribution in [0.15, 0.2) is 6.33 Å². The molecule has 4 rings (SSSR count). The third-order valence-corrected chi connectivity index (χ3v) is 4.87. The number of anilines is 1. The molecule has 2 aromatic rings. The lowest BCUT2D eigenvalue weighted by atomic mass is 10.2. The number of alkyl halides is 1. The van der Waals surface area contributed by atoms with Crippen LogP contribution in [0.3, 0.4) is 0 Å². The highest BCUT2D eigenvalue weighted by atomic mass is 35.5. The summed E-state index contributed by atoms with van der Waals surface area (Å²) < 4.78 is 21.4. The topological polar surface area (TPSA) is 85.1 Å². The Morgan fingerprint density at radius 2 is 2.08 bits per heavy atom. The molecule has 3 unspecified atom stereocenters. The van der Waals surface area contributed by atoms with Gasteiger partial charge in [-0.2, -0.15) is 9.97 Å². The molecular weight excluding hydrogens is 361 g/mol. The Bertz CT molecular complexity index is 737. The van der Waals surface area contributed by atoms with Crippen molar-refractivity contribution in [3.8, 4) is 0 Å². The molecule has 1 aliphatic carbocycles. The summed E-state index contributed by atoms with van der Waals surface area (Å²) in [5.41, 5.74) is 0.983. The second kappa shape index (κ2) is 8.45. The summed E-state index contributed by atoms with van der Waals surface area (Å²) in [5.74, 6) is 0.572. The molecule has 3 heterocycles. The van der Waals surface area contributed by atoms with Gasteiger partial charge in [0.2, 0.25) is 5.28 Å². The first-order chi connectivity index (χ1) is 12.7. The van der Waals surface area contributed by atoms with Gasteiger partial charge in [0.25, 0.3) is 0 Å². The molecule has 2 fully saturated rings. The minimum atomic E-state index is -1.24. The molecule has 144 valence electrons. The van der Waals surface area contributed by atoms with Gasteiger partial charge in [0.05, 0.1) is 19.0 Å². The fraction of sp³-hybridized carbons (Fsp3) is 0.706. The predicted molar refractivity (Wildman–Crippen MR) is 98.1 cm³/mol. The highest BCUT2D eigenvalue weighted by Gasteiger charge is 2.37. The number of hydrogen-bond donors (Lipinski definition) is 2. The summed E-state index contributed by atoms with van der Waals surface area (Å²) in [6.07, 6.45) is 3.57. The van der Waals surface area contributed by atoms with Gasteiger partial charge >= 0.3 is 0 Å². The van der Waals surface area contributed by atoms with E-state index in [1.807, 2.05) is 13.8 Å². The maximum absolute atomic E-state index is 14.3. The zero-order valence-electron chi connectivity index (χ0n) is 15.0. The monoisotopic (exact) mass is 385 g/mol. The number of nitrogens with one attached hydrogen (secondary N) is 1. The fourth-order valence-corrected chi connectivity index (χ4v) is 3.67. The molecule has 7 nitrogen and oxygen atoms in total. The smallest absolute Gasteiger partial charge is 0.226 e. The van der Waals surface area contributed by atoms with E-state index in [1.54, 1.807) is 0 Å². The van der Waals surface area contributed by atoms with Crippen molar-refractivity contribution in [2.45, 2.75) is 70.5 Å². The van der Waals surface area contributed by atoms with Crippen LogP contribution < -0.4 is 5.32 Å². The van der Waals surface area contributed by atoms with Crippen LogP contribution in [0.2, 0.25) is 5.28 Å². The minimum Gasteiger partial charge on any atom is -0.394 e. The van der Waals surface area contributed by atoms with E-state index in [4.69, 9.17) is 16.3 Å². The average Bonchev–Trinajstić information content (AvgIpc) is 3.36. The highest BCUT2D eigenvalue weighted by molar-refractivity contribution is 6.28. The summed E-state index contributed by atoms with van der Waals surface area (Å²) in [5, 5.41) is 12.6. The minimum absolute atomic E-state index is 0.0804. The fourth-order valence-electron chi connectivity index (χ4n) is 3.50. The Balaban J connectivity index is 0.000000948. The SMILES string of the molecule is CC.OCC1CC(F)C(n2cnc3c(NC4CCCC4)nc(Cl)nc32)O1. The predicted octanol–water partition coefficient (Wildman–Crippen LogP) is 3.48. The summed E-state index contributed by atoms with van der Waals surface area (Å²) in [6.45, 7) is 3.79. The molecule has 9 heteroatoms. The number of fused-ring (bicyclic) bond motifs is 1. The van der Waals surface area contributed by atoms with Crippen LogP contribution in [0.4, 0.5) is 10.2 Å². The average molecular weight is 386 g/mol. The van der Waals surface area contributed by atoms with Crippen LogP contribution in [0.5, 0.6) is 0 Å². The molecular formula is C17H25ClFN5O2. The van der Waals surface area contributed by atoms with Crippen LogP contribution in [0, 0.1) is 0 Å². The molecule has 1 aliphatic heterocycles. The molecule has 0 bridgehead atoms. The molecule has 2 aliphatic rings. The van der Waals surface area contributed by atoms with Crippen molar-refractivity contribution >= 4 is 28.6 Å². The second-order valence-corrected chi connectivity index (χ2v) is 6.71. The molecule has 1 saturated carbocycles. The van der Waals surface area contributed by atoms with Gasteiger partial charge < -0.3 is 15.2 Å². The molecule has 2 aromatic heterocycles. The maximum Gasteiger partial charge on any atom is 0.226 e. The number of nitrogens with zero attached hydrogens (tertiary/aromatic N) is 4. The van der Waals surface area contributed by atoms with Crippen molar-refractivity contribution in [1.29, 1.82) is 0 Å². The lowest BCUT2D eigenvalue weighted by molar-refractivity contribution is -0.0351. The van der Waals surface area contributed by atoms with E-state index < -0.39 is 18.5 Å². The van der Waals surface area contributed by atoms with E-state index in [2.05, 4.69) is 20.3 Å². The molecule has 0 amide bonds. The van der Waals surface area contributed by atoms with Gasteiger partial charge in [-0.1, -0.05) is 26.7 Å². The Labute approximate surface area is 156 Å². The Kier molecular flexibility index (Phi) is 6.26. The number of imidazole rings is 1. The lowest BCUT2D eigenvalue weighted by Gasteiger charge is -2.16. The van der Waals surface area contributed by atoms with Crippen LogP contribution >= 0.6 is 11.6 Å². The molecule has 1 saturated heterocycles. The van der Waals surface area contributed by atoms with Gasteiger partial charge in [0, 0.05) is 12.5 Å². The molecule has 0 radical (unpaired) electrons. The molecule has 0 aromatic carbocycles. The van der Waals surface area contributed by atoms with E-state index in [9.17, 15) is 9.50 Å². The Morgan fingerprint density at radius 1 is 1.35 bits per heavy atom. The first kappa shape index (κ1) is 19.3. The summed E-state index contributed by atoms with van der Waals surface area (Å²) >= 11 is 6.06. The summed E-state index contributed by atoms with van der Waals surface area (Å²) in [4.78, 5) is 12.8. The van der Waals surface area contributed by atoms with Crippen LogP contribution in [0.25, 0.3) is 11.2 Å². The molecule has 26 heavy (non-hydrogen) atoms. The highest BCUT2D eigenvalue weighted by Crippen LogP contribution is 2.34. The Hall–Kier alpha value is -1.51. The maximum atomic E-state index is 14.3. The number of aliphatic hydroxyl groups excluding tert-OH is 1. The molecule has 2 N–H and O–H groups in total. The number of aromatic nitrogens is 4. The van der Waals surface area contributed by atoms with Gasteiger partial charge in [-0.15, -0.1) is 0 Å². The Morgan fingerprint density at radius 3 is 2.73 bits per heavy atom. The van der Waals surface area contributed by atoms with E-state index in [0.29, 0.717) is 23.0 Å². The quantitative estimate of drug-likeness (QED) is 0.784. The molecule has 3 atom stereocenters. The normalized spacial score (nSPS) is 26.1. The van der Waals surface area contributed by atoms with Gasteiger partial charge in [-0.05, 0) is 24.4 Å². The third-order valence-electron chi connectivity index (χ3n) is 4.70. The van der Waals surface area contributed by atoms with Crippen molar-refractivity contribution in [2.75, 3.05) is 11.9 Å². The van der Waals surface area contributed by atoms with Crippen LogP contribution in [0.1, 0.15) is 52.2 Å². The van der Waals surface area contributed by atoms with E-state index in [1.165, 1.54) is 23.7 Å². The first-order valence-electron chi connectivity index (χ1n) is 9.22. The van der Waals surface area contributed by atoms with Crippen molar-refractivity contribution in [1.82, 2.24) is 19.5 Å². The van der Waals surface area contributed by atoms with E-state index in [-0.39, 0.29) is 18.3 Å². The third kappa shape index (κ3) is 3.77. The number of rotatable bonds is 4. The number of aliphatic hydroxyl groups is 1. The van der Waals surface area contributed by atoms with Gasteiger partial charge in [-0.3, -0.25) is 4.57 Å². The van der Waals surface area contributed by atoms with Crippen molar-refractivity contribution < 1.29 is 14.2 Å². The van der Waals surface area contributed by atoms with Gasteiger partial charge in [0.1, 0.15) is 6.17 Å². The zero-order chi connectivity index (χ0) is 18.7. The number of halogens is 2. The second-order valence-electron chi connectivity index (χ2n) is 6.37. The van der Waals surface area contributed by atoms with Gasteiger partial charge in [0.15, 0.2) is 23.2 Å². The van der Waals surface area contributed by atoms with Crippen molar-refractivity contribution in [3.05, 3.63) is 11.6 Å². The van der Waals surface area contributed by atoms with E-state index >= 15 is 0 Å². The molecule has 0 spiro atoms. The summed E-state index contributed by atoms with van der Waals surface area (Å²) in [7, 11) is 0. The zero-order valence-corrected chi connectivity index (χ0v) is 15.8. The lowest BCUT2D eigenvalue weighted by Crippen LogP contribution is -2.18. The first-order valence-corrected chi connectivity index (χ1v) is 9.60. The van der Waals surface area contributed by atoms with Crippen LogP contribution in [-0.4, -0.2) is 49.5 Å².